The van der Waals surface area contributed by atoms with Crippen molar-refractivity contribution in [3.8, 4) is 0 Å². The van der Waals surface area contributed by atoms with Gasteiger partial charge >= 0.3 is 23.8 Å². The number of rotatable bonds is 12. The summed E-state index contributed by atoms with van der Waals surface area (Å²) in [7, 11) is 1.64. The molecule has 0 spiro atoms. The number of piperazine rings is 1. The number of hydrogen-bond acceptors (Lipinski definition) is 12. The van der Waals surface area contributed by atoms with E-state index in [9.17, 15) is 33.9 Å². The number of esters is 1. The predicted molar refractivity (Wildman–Crippen MR) is 235 cm³/mol. The van der Waals surface area contributed by atoms with Crippen molar-refractivity contribution in [2.24, 2.45) is 7.05 Å². The number of amides is 5. The second-order valence-corrected chi connectivity index (χ2v) is 17.9. The number of benzene rings is 2. The van der Waals surface area contributed by atoms with Gasteiger partial charge in [0.2, 0.25) is 5.91 Å². The van der Waals surface area contributed by atoms with E-state index in [1.165, 1.54) is 4.57 Å². The zero-order chi connectivity index (χ0) is 44.9. The summed E-state index contributed by atoms with van der Waals surface area (Å²) in [5.41, 5.74) is 4.48. The number of carbonyl (C=O) groups is 5. The van der Waals surface area contributed by atoms with Gasteiger partial charge in [0.1, 0.15) is 12.8 Å². The number of ether oxygens (including phenoxy) is 2. The molecule has 1 unspecified atom stereocenters. The van der Waals surface area contributed by atoms with Gasteiger partial charge in [-0.1, -0.05) is 24.3 Å². The van der Waals surface area contributed by atoms with E-state index < -0.39 is 30.2 Å². The zero-order valence-corrected chi connectivity index (χ0v) is 37.1. The largest absolute Gasteiger partial charge is 0.464 e. The van der Waals surface area contributed by atoms with E-state index in [1.54, 1.807) is 22.9 Å². The second-order valence-electron chi connectivity index (χ2n) is 17.9. The third-order valence-corrected chi connectivity index (χ3v) is 13.8. The molecule has 5 amide bonds. The highest BCUT2D eigenvalue weighted by Crippen LogP contribution is 2.27. The predicted octanol–water partition coefficient (Wildman–Crippen LogP) is 2.92. The summed E-state index contributed by atoms with van der Waals surface area (Å²) >= 11 is 0. The van der Waals surface area contributed by atoms with Crippen LogP contribution < -0.4 is 11.1 Å². The molecule has 0 saturated carbocycles. The van der Waals surface area contributed by atoms with Crippen molar-refractivity contribution in [1.82, 2.24) is 34.0 Å². The first-order valence-electron chi connectivity index (χ1n) is 23.0. The van der Waals surface area contributed by atoms with Gasteiger partial charge in [0.05, 0.1) is 11.9 Å². The van der Waals surface area contributed by atoms with E-state index >= 15 is 0 Å². The number of urea groups is 1. The lowest BCUT2D eigenvalue weighted by Crippen LogP contribution is -2.57. The lowest BCUT2D eigenvalue weighted by molar-refractivity contribution is -0.147. The first kappa shape index (κ1) is 45.1. The minimum absolute atomic E-state index is 0.0256. The molecule has 8 rings (SSSR count). The van der Waals surface area contributed by atoms with Crippen LogP contribution in [0, 0.1) is 6.92 Å². The number of fused-ring (bicyclic) bond motifs is 2. The van der Waals surface area contributed by atoms with Crippen LogP contribution in [0.1, 0.15) is 68.1 Å². The highest BCUT2D eigenvalue weighted by atomic mass is 16.6. The summed E-state index contributed by atoms with van der Waals surface area (Å²) < 4.78 is 18.4. The fraction of sp³-hybridized carbons (Fsp3) is 0.609. The molecule has 5 aliphatic rings. The fourth-order valence-electron chi connectivity index (χ4n) is 10.2. The molecule has 0 aliphatic carbocycles. The van der Waals surface area contributed by atoms with E-state index in [2.05, 4.69) is 10.2 Å². The first-order valence-corrected chi connectivity index (χ1v) is 23.0. The normalized spacial score (nSPS) is 21.1. The summed E-state index contributed by atoms with van der Waals surface area (Å²) in [5.74, 6) is -1.25. The SMILES string of the molecule is Cc1cc(C[C@@H](OC(=O)N2CCC(N3CCc4ccccc4NC3=O)CC2)C(=O)N2CCN(C3CCN(C(=O)CCC(=O)OCCN4CCCC4O)CC3)CC2)cc2oc(=O)n(C)c12. The van der Waals surface area contributed by atoms with Gasteiger partial charge in [-0.25, -0.2) is 14.4 Å². The molecule has 5 aliphatic heterocycles. The Morgan fingerprint density at radius 2 is 1.56 bits per heavy atom. The van der Waals surface area contributed by atoms with E-state index in [0.717, 1.165) is 55.5 Å². The van der Waals surface area contributed by atoms with Gasteiger partial charge in [-0.3, -0.25) is 28.8 Å². The minimum atomic E-state index is -1.12. The van der Waals surface area contributed by atoms with Gasteiger partial charge in [-0.2, -0.15) is 0 Å². The van der Waals surface area contributed by atoms with Crippen LogP contribution in [0.2, 0.25) is 0 Å². The number of para-hydroxylation sites is 1. The van der Waals surface area contributed by atoms with Crippen molar-refractivity contribution < 1.29 is 43.0 Å². The molecule has 2 atom stereocenters. The number of anilines is 1. The molecule has 18 nitrogen and oxygen atoms in total. The molecule has 1 aromatic heterocycles. The Labute approximate surface area is 373 Å². The fourth-order valence-corrected chi connectivity index (χ4v) is 10.2. The number of aryl methyl sites for hydroxylation is 2. The molecular weight excluding hydrogens is 825 g/mol. The number of oxazole rings is 1. The van der Waals surface area contributed by atoms with Crippen LogP contribution in [0.15, 0.2) is 45.6 Å². The second kappa shape index (κ2) is 20.2. The number of nitrogens with zero attached hydrogens (tertiary/aromatic N) is 7. The van der Waals surface area contributed by atoms with Crippen LogP contribution in [0.4, 0.5) is 15.3 Å². The van der Waals surface area contributed by atoms with Gasteiger partial charge in [-0.15, -0.1) is 0 Å². The molecule has 3 aromatic rings. The number of likely N-dealkylation sites (tertiary alicyclic amines) is 3. The van der Waals surface area contributed by atoms with Gasteiger partial charge in [0.25, 0.3) is 5.91 Å². The topological polar surface area (TPSA) is 191 Å². The van der Waals surface area contributed by atoms with Crippen molar-refractivity contribution in [2.75, 3.05) is 83.9 Å². The van der Waals surface area contributed by atoms with Gasteiger partial charge < -0.3 is 43.9 Å². The Morgan fingerprint density at radius 1 is 0.844 bits per heavy atom. The number of aliphatic hydroxyl groups is 1. The average molecular weight is 887 g/mol. The third kappa shape index (κ3) is 10.4. The van der Waals surface area contributed by atoms with Gasteiger partial charge in [-0.05, 0) is 80.7 Å². The molecule has 0 radical (unpaired) electrons. The molecule has 64 heavy (non-hydrogen) atoms. The van der Waals surface area contributed by atoms with Crippen LogP contribution >= 0.6 is 0 Å². The first-order chi connectivity index (χ1) is 30.9. The summed E-state index contributed by atoms with van der Waals surface area (Å²) in [5, 5.41) is 13.0. The molecule has 2 aromatic carbocycles. The molecule has 346 valence electrons. The smallest absolute Gasteiger partial charge is 0.419 e. The van der Waals surface area contributed by atoms with Crippen LogP contribution in [-0.2, 0) is 43.7 Å². The Balaban J connectivity index is 0.833. The van der Waals surface area contributed by atoms with E-state index in [1.807, 2.05) is 52.0 Å². The minimum Gasteiger partial charge on any atom is -0.464 e. The number of aromatic nitrogens is 1. The number of hydrogen-bond donors (Lipinski definition) is 2. The molecule has 4 saturated heterocycles. The van der Waals surface area contributed by atoms with Crippen molar-refractivity contribution in [1.29, 1.82) is 0 Å². The monoisotopic (exact) mass is 886 g/mol. The van der Waals surface area contributed by atoms with Crippen LogP contribution in [-0.4, -0.2) is 172 Å². The zero-order valence-electron chi connectivity index (χ0n) is 37.1. The molecule has 6 heterocycles. The number of aliphatic hydroxyl groups excluding tert-OH is 1. The Kier molecular flexibility index (Phi) is 14.2. The van der Waals surface area contributed by atoms with Crippen molar-refractivity contribution in [3.63, 3.8) is 0 Å². The summed E-state index contributed by atoms with van der Waals surface area (Å²) in [6, 6.07) is 11.5. The van der Waals surface area contributed by atoms with Crippen LogP contribution in [0.25, 0.3) is 11.1 Å². The van der Waals surface area contributed by atoms with Crippen molar-refractivity contribution >= 4 is 46.7 Å². The van der Waals surface area contributed by atoms with E-state index in [-0.39, 0.29) is 55.8 Å². The molecule has 18 heteroatoms. The third-order valence-electron chi connectivity index (χ3n) is 13.8. The van der Waals surface area contributed by atoms with Crippen LogP contribution in [0.3, 0.4) is 0 Å². The lowest BCUT2D eigenvalue weighted by Gasteiger charge is -2.43. The van der Waals surface area contributed by atoms with Gasteiger partial charge in [0.15, 0.2) is 11.7 Å². The summed E-state index contributed by atoms with van der Waals surface area (Å²) in [4.78, 5) is 90.4. The maximum absolute atomic E-state index is 14.4. The summed E-state index contributed by atoms with van der Waals surface area (Å²) in [6.07, 6.45) is 3.16. The highest BCUT2D eigenvalue weighted by molar-refractivity contribution is 5.91. The number of nitrogens with one attached hydrogen (secondary N) is 1. The molecule has 2 N–H and O–H groups in total. The standard InChI is InChI=1S/C46H62N8O10/c1-31-28-32(29-37-42(31)48(2)45(60)63-37)30-38(64-46(61)53-19-14-35(15-20-53)54-21-11-33-6-3-4-7-36(33)47-44(54)59)43(58)52-24-22-49(23-25-52)34-12-17-51(18-13-34)40(56)9-10-41(57)62-27-26-50-16-5-8-39(50)55/h3-4,6-7,28-29,34-35,38-39,55H,5,8-27,30H2,1-2H3,(H,47,59)/t38-,39?/m1/s1. The van der Waals surface area contributed by atoms with Gasteiger partial charge in [0, 0.05) is 110 Å². The van der Waals surface area contributed by atoms with E-state index in [0.29, 0.717) is 95.0 Å². The van der Waals surface area contributed by atoms with Crippen molar-refractivity contribution in [3.05, 3.63) is 63.6 Å². The molecular formula is C46H62N8O10. The Hall–Kier alpha value is -5.46. The molecule has 0 bridgehead atoms. The number of piperidine rings is 2. The lowest BCUT2D eigenvalue weighted by atomic mass is 10.0. The van der Waals surface area contributed by atoms with Crippen LogP contribution in [0.5, 0.6) is 0 Å². The maximum atomic E-state index is 14.4. The maximum Gasteiger partial charge on any atom is 0.419 e. The van der Waals surface area contributed by atoms with Crippen molar-refractivity contribution in [2.45, 2.75) is 95.5 Å². The molecule has 4 fully saturated rings. The number of carbonyl (C=O) groups excluding carboxylic acids is 5. The quantitative estimate of drug-likeness (QED) is 0.254. The summed E-state index contributed by atoms with van der Waals surface area (Å²) in [6.45, 7) is 8.02. The average Bonchev–Trinajstić information content (AvgIpc) is 3.79. The Bertz CT molecular complexity index is 2240. The van der Waals surface area contributed by atoms with E-state index in [4.69, 9.17) is 13.9 Å². The Morgan fingerprint density at radius 3 is 2.30 bits per heavy atom. The highest BCUT2D eigenvalue weighted by Gasteiger charge is 2.37.